The van der Waals surface area contributed by atoms with Crippen LogP contribution in [-0.4, -0.2) is 6.10 Å². The Balaban J connectivity index is 2.25. The number of halogens is 3. The van der Waals surface area contributed by atoms with E-state index in [2.05, 4.69) is 0 Å². The fourth-order valence-corrected chi connectivity index (χ4v) is 2.38. The highest BCUT2D eigenvalue weighted by Crippen LogP contribution is 2.33. The van der Waals surface area contributed by atoms with Crippen molar-refractivity contribution in [2.45, 2.75) is 25.3 Å². The molecule has 0 amide bonds. The monoisotopic (exact) mass is 312 g/mol. The van der Waals surface area contributed by atoms with Crippen LogP contribution in [0.25, 0.3) is 0 Å². The Bertz CT molecular complexity index is 582. The van der Waals surface area contributed by atoms with Gasteiger partial charge in [0.1, 0.15) is 11.6 Å². The van der Waals surface area contributed by atoms with Gasteiger partial charge in [0, 0.05) is 5.56 Å². The van der Waals surface area contributed by atoms with Crippen LogP contribution in [-0.2, 0) is 0 Å². The van der Waals surface area contributed by atoms with E-state index in [9.17, 15) is 4.39 Å². The first-order valence-corrected chi connectivity index (χ1v) is 7.15. The first-order valence-electron chi connectivity index (χ1n) is 6.33. The van der Waals surface area contributed by atoms with Crippen molar-refractivity contribution in [3.8, 4) is 5.75 Å². The van der Waals surface area contributed by atoms with Gasteiger partial charge in [-0.15, -0.1) is 11.6 Å². The first-order chi connectivity index (χ1) is 9.49. The average molecular weight is 313 g/mol. The minimum atomic E-state index is -0.582. The molecule has 1 atom stereocenters. The van der Waals surface area contributed by atoms with Crippen molar-refractivity contribution in [1.29, 1.82) is 0 Å². The predicted molar refractivity (Wildman–Crippen MR) is 81.3 cm³/mol. The summed E-state index contributed by atoms with van der Waals surface area (Å²) in [5.41, 5.74) is 1.17. The molecule has 2 aromatic rings. The maximum absolute atomic E-state index is 13.9. The van der Waals surface area contributed by atoms with E-state index in [0.717, 1.165) is 11.3 Å². The normalized spacial score (nSPS) is 12.5. The standard InChI is InChI=1S/C16H15Cl2FO/c1-10(2)20-12-8-6-11(7-9-12)15(18)13-4-3-5-14(17)16(13)19/h3-10,15H,1-2H3. The van der Waals surface area contributed by atoms with Gasteiger partial charge in [0.25, 0.3) is 0 Å². The van der Waals surface area contributed by atoms with E-state index in [1.807, 2.05) is 38.1 Å². The molecule has 106 valence electrons. The van der Waals surface area contributed by atoms with Crippen molar-refractivity contribution < 1.29 is 9.13 Å². The van der Waals surface area contributed by atoms with E-state index >= 15 is 0 Å². The molecule has 4 heteroatoms. The fourth-order valence-electron chi connectivity index (χ4n) is 1.88. The molecule has 0 aliphatic carbocycles. The van der Waals surface area contributed by atoms with Gasteiger partial charge in [0.15, 0.2) is 0 Å². The van der Waals surface area contributed by atoms with Crippen LogP contribution >= 0.6 is 23.2 Å². The molecule has 0 fully saturated rings. The number of rotatable bonds is 4. The topological polar surface area (TPSA) is 9.23 Å². The molecule has 0 bridgehead atoms. The van der Waals surface area contributed by atoms with Gasteiger partial charge >= 0.3 is 0 Å². The number of ether oxygens (including phenoxy) is 1. The smallest absolute Gasteiger partial charge is 0.146 e. The summed E-state index contributed by atoms with van der Waals surface area (Å²) in [5, 5.41) is -0.505. The van der Waals surface area contributed by atoms with E-state index in [-0.39, 0.29) is 11.1 Å². The fraction of sp³-hybridized carbons (Fsp3) is 0.250. The van der Waals surface area contributed by atoms with Crippen LogP contribution in [0, 0.1) is 5.82 Å². The lowest BCUT2D eigenvalue weighted by Crippen LogP contribution is -2.05. The Morgan fingerprint density at radius 2 is 1.70 bits per heavy atom. The molecule has 0 heterocycles. The minimum absolute atomic E-state index is 0.0768. The zero-order chi connectivity index (χ0) is 14.7. The molecule has 2 aromatic carbocycles. The van der Waals surface area contributed by atoms with Gasteiger partial charge in [-0.3, -0.25) is 0 Å². The molecule has 0 aliphatic rings. The quantitative estimate of drug-likeness (QED) is 0.668. The third-order valence-corrected chi connectivity index (χ3v) is 3.58. The second-order valence-corrected chi connectivity index (χ2v) is 5.58. The second-order valence-electron chi connectivity index (χ2n) is 4.74. The van der Waals surface area contributed by atoms with Gasteiger partial charge in [0.2, 0.25) is 0 Å². The van der Waals surface area contributed by atoms with Crippen LogP contribution in [0.4, 0.5) is 4.39 Å². The van der Waals surface area contributed by atoms with E-state index < -0.39 is 11.2 Å². The van der Waals surface area contributed by atoms with Gasteiger partial charge in [-0.25, -0.2) is 4.39 Å². The summed E-state index contributed by atoms with van der Waals surface area (Å²) in [4.78, 5) is 0. The van der Waals surface area contributed by atoms with Gasteiger partial charge in [-0.2, -0.15) is 0 Å². The average Bonchev–Trinajstić information content (AvgIpc) is 2.41. The van der Waals surface area contributed by atoms with Gasteiger partial charge in [0.05, 0.1) is 16.5 Å². The van der Waals surface area contributed by atoms with Crippen molar-refractivity contribution in [2.75, 3.05) is 0 Å². The molecule has 0 N–H and O–H groups in total. The lowest BCUT2D eigenvalue weighted by atomic mass is 10.0. The Kier molecular flexibility index (Phi) is 4.90. The molecule has 0 spiro atoms. The summed E-state index contributed by atoms with van der Waals surface area (Å²) in [6.45, 7) is 3.92. The second kappa shape index (κ2) is 6.47. The highest BCUT2D eigenvalue weighted by molar-refractivity contribution is 6.31. The molecular formula is C16H15Cl2FO. The Morgan fingerprint density at radius 3 is 2.30 bits per heavy atom. The maximum atomic E-state index is 13.9. The SMILES string of the molecule is CC(C)Oc1ccc(C(Cl)c2cccc(Cl)c2F)cc1. The zero-order valence-electron chi connectivity index (χ0n) is 11.2. The third kappa shape index (κ3) is 3.44. The van der Waals surface area contributed by atoms with Crippen molar-refractivity contribution >= 4 is 23.2 Å². The Labute approximate surface area is 128 Å². The highest BCUT2D eigenvalue weighted by atomic mass is 35.5. The summed E-state index contributed by atoms with van der Waals surface area (Å²) in [7, 11) is 0. The van der Waals surface area contributed by atoms with Crippen molar-refractivity contribution in [3.63, 3.8) is 0 Å². The lowest BCUT2D eigenvalue weighted by Gasteiger charge is -2.14. The highest BCUT2D eigenvalue weighted by Gasteiger charge is 2.17. The van der Waals surface area contributed by atoms with Crippen LogP contribution in [0.5, 0.6) is 5.75 Å². The largest absolute Gasteiger partial charge is 0.491 e. The molecule has 1 nitrogen and oxygen atoms in total. The number of benzene rings is 2. The first kappa shape index (κ1) is 15.1. The van der Waals surface area contributed by atoms with Crippen LogP contribution in [0.15, 0.2) is 42.5 Å². The molecular weight excluding hydrogens is 298 g/mol. The summed E-state index contributed by atoms with van der Waals surface area (Å²) in [6.07, 6.45) is 0.109. The summed E-state index contributed by atoms with van der Waals surface area (Å²) in [6, 6.07) is 12.1. The van der Waals surface area contributed by atoms with Crippen molar-refractivity contribution in [3.05, 3.63) is 64.4 Å². The molecule has 0 saturated carbocycles. The number of hydrogen-bond acceptors (Lipinski definition) is 1. The molecule has 20 heavy (non-hydrogen) atoms. The van der Waals surface area contributed by atoms with E-state index in [0.29, 0.717) is 5.56 Å². The van der Waals surface area contributed by atoms with Crippen molar-refractivity contribution in [1.82, 2.24) is 0 Å². The van der Waals surface area contributed by atoms with Gasteiger partial charge < -0.3 is 4.74 Å². The molecule has 0 aromatic heterocycles. The molecule has 0 aliphatic heterocycles. The van der Waals surface area contributed by atoms with Gasteiger partial charge in [-0.05, 0) is 37.6 Å². The zero-order valence-corrected chi connectivity index (χ0v) is 12.8. The summed E-state index contributed by atoms with van der Waals surface area (Å²) in [5.74, 6) is 0.288. The van der Waals surface area contributed by atoms with E-state index in [1.165, 1.54) is 6.07 Å². The summed E-state index contributed by atoms with van der Waals surface area (Å²) < 4.78 is 19.5. The molecule has 0 radical (unpaired) electrons. The van der Waals surface area contributed by atoms with E-state index in [4.69, 9.17) is 27.9 Å². The van der Waals surface area contributed by atoms with Crippen molar-refractivity contribution in [2.24, 2.45) is 0 Å². The Morgan fingerprint density at radius 1 is 1.05 bits per heavy atom. The van der Waals surface area contributed by atoms with Crippen LogP contribution in [0.2, 0.25) is 5.02 Å². The summed E-state index contributed by atoms with van der Waals surface area (Å²) >= 11 is 12.1. The molecule has 2 rings (SSSR count). The maximum Gasteiger partial charge on any atom is 0.146 e. The number of alkyl halides is 1. The van der Waals surface area contributed by atoms with Gasteiger partial charge in [-0.1, -0.05) is 35.9 Å². The number of hydrogen-bond donors (Lipinski definition) is 0. The van der Waals surface area contributed by atoms with Crippen LogP contribution < -0.4 is 4.74 Å². The minimum Gasteiger partial charge on any atom is -0.491 e. The van der Waals surface area contributed by atoms with E-state index in [1.54, 1.807) is 12.1 Å². The van der Waals surface area contributed by atoms with Crippen LogP contribution in [0.3, 0.4) is 0 Å². The molecule has 0 saturated heterocycles. The van der Waals surface area contributed by atoms with Crippen LogP contribution in [0.1, 0.15) is 30.4 Å². The lowest BCUT2D eigenvalue weighted by molar-refractivity contribution is 0.242. The predicted octanol–water partition coefficient (Wildman–Crippen LogP) is 5.59. The Hall–Kier alpha value is -1.25. The third-order valence-electron chi connectivity index (χ3n) is 2.80. The molecule has 1 unspecified atom stereocenters.